The SMILES string of the molecule is C#Cc1ccc(Cc2c(O[C@@H]3O[C@H](CO)[C@@H](O)[C@H](O)[C@H]3O)nn(C(CC)CCC)c2C)cc1. The third-order valence-corrected chi connectivity index (χ3v) is 6.25. The van der Waals surface area contributed by atoms with Crippen molar-refractivity contribution in [3.05, 3.63) is 46.6 Å². The van der Waals surface area contributed by atoms with Gasteiger partial charge >= 0.3 is 0 Å². The van der Waals surface area contributed by atoms with E-state index in [9.17, 15) is 20.4 Å². The van der Waals surface area contributed by atoms with Crippen molar-refractivity contribution in [3.8, 4) is 18.2 Å². The molecule has 1 fully saturated rings. The molecule has 8 heteroatoms. The van der Waals surface area contributed by atoms with Crippen LogP contribution in [0.4, 0.5) is 0 Å². The molecule has 1 unspecified atom stereocenters. The Morgan fingerprint density at radius 1 is 1.15 bits per heavy atom. The summed E-state index contributed by atoms with van der Waals surface area (Å²) < 4.78 is 13.5. The zero-order chi connectivity index (χ0) is 24.1. The van der Waals surface area contributed by atoms with Gasteiger partial charge in [-0.25, -0.2) is 0 Å². The molecule has 1 aliphatic rings. The summed E-state index contributed by atoms with van der Waals surface area (Å²) in [7, 11) is 0. The van der Waals surface area contributed by atoms with Gasteiger partial charge in [0, 0.05) is 23.2 Å². The molecule has 1 aromatic heterocycles. The van der Waals surface area contributed by atoms with E-state index >= 15 is 0 Å². The number of aliphatic hydroxyl groups excluding tert-OH is 4. The Kier molecular flexibility index (Phi) is 8.51. The number of benzene rings is 1. The zero-order valence-corrected chi connectivity index (χ0v) is 19.4. The van der Waals surface area contributed by atoms with Crippen LogP contribution < -0.4 is 4.74 Å². The largest absolute Gasteiger partial charge is 0.443 e. The lowest BCUT2D eigenvalue weighted by molar-refractivity contribution is -0.278. The first kappa shape index (κ1) is 25.2. The average molecular weight is 459 g/mol. The van der Waals surface area contributed by atoms with Crippen LogP contribution in [-0.4, -0.2) is 67.5 Å². The molecule has 6 atom stereocenters. The van der Waals surface area contributed by atoms with Gasteiger partial charge in [-0.05, 0) is 37.5 Å². The normalized spacial score (nSPS) is 26.1. The summed E-state index contributed by atoms with van der Waals surface area (Å²) >= 11 is 0. The van der Waals surface area contributed by atoms with Gasteiger partial charge in [-0.1, -0.05) is 38.3 Å². The van der Waals surface area contributed by atoms with Crippen LogP contribution >= 0.6 is 0 Å². The van der Waals surface area contributed by atoms with E-state index in [1.807, 2.05) is 35.9 Å². The van der Waals surface area contributed by atoms with E-state index in [4.69, 9.17) is 21.0 Å². The Morgan fingerprint density at radius 3 is 2.42 bits per heavy atom. The highest BCUT2D eigenvalue weighted by atomic mass is 16.7. The molecule has 2 aromatic rings. The topological polar surface area (TPSA) is 117 Å². The first-order valence-electron chi connectivity index (χ1n) is 11.4. The molecular weight excluding hydrogens is 424 g/mol. The lowest BCUT2D eigenvalue weighted by Crippen LogP contribution is -2.60. The zero-order valence-electron chi connectivity index (χ0n) is 19.4. The Labute approximate surface area is 194 Å². The average Bonchev–Trinajstić information content (AvgIpc) is 3.13. The van der Waals surface area contributed by atoms with Crippen LogP contribution in [0.5, 0.6) is 5.88 Å². The molecule has 180 valence electrons. The van der Waals surface area contributed by atoms with Crippen LogP contribution in [0.15, 0.2) is 24.3 Å². The number of nitrogens with zero attached hydrogens (tertiary/aromatic N) is 2. The van der Waals surface area contributed by atoms with Gasteiger partial charge in [0.15, 0.2) is 0 Å². The molecule has 0 aliphatic carbocycles. The van der Waals surface area contributed by atoms with Crippen LogP contribution in [0.2, 0.25) is 0 Å². The first-order valence-corrected chi connectivity index (χ1v) is 11.4. The van der Waals surface area contributed by atoms with E-state index in [0.29, 0.717) is 6.42 Å². The minimum absolute atomic E-state index is 0.185. The second-order valence-electron chi connectivity index (χ2n) is 8.50. The summed E-state index contributed by atoms with van der Waals surface area (Å²) in [6.45, 7) is 5.69. The Bertz CT molecular complexity index is 949. The maximum Gasteiger partial charge on any atom is 0.239 e. The van der Waals surface area contributed by atoms with Gasteiger partial charge in [-0.2, -0.15) is 0 Å². The van der Waals surface area contributed by atoms with E-state index < -0.39 is 37.3 Å². The second kappa shape index (κ2) is 11.1. The molecule has 33 heavy (non-hydrogen) atoms. The van der Waals surface area contributed by atoms with Crippen molar-refractivity contribution in [1.82, 2.24) is 9.78 Å². The third kappa shape index (κ3) is 5.40. The molecular formula is C25H34N2O6. The maximum absolute atomic E-state index is 10.4. The number of hydrogen-bond donors (Lipinski definition) is 4. The molecule has 3 rings (SSSR count). The molecule has 1 aliphatic heterocycles. The van der Waals surface area contributed by atoms with Crippen LogP contribution in [0, 0.1) is 19.3 Å². The molecule has 2 heterocycles. The van der Waals surface area contributed by atoms with Crippen LogP contribution in [0.3, 0.4) is 0 Å². The number of ether oxygens (including phenoxy) is 2. The van der Waals surface area contributed by atoms with Crippen molar-refractivity contribution < 1.29 is 29.9 Å². The standard InChI is InChI=1S/C25H34N2O6/c1-5-8-18(7-3)27-15(4)19(13-17-11-9-16(6-2)10-12-17)24(26-27)33-25-23(31)22(30)21(29)20(14-28)32-25/h2,9-12,18,20-23,25,28-31H,5,7-8,13-14H2,1,3-4H3/t18?,20-,21-,22+,23-,25+/m1/s1. The van der Waals surface area contributed by atoms with E-state index in [2.05, 4.69) is 19.8 Å². The lowest BCUT2D eigenvalue weighted by Gasteiger charge is -2.39. The summed E-state index contributed by atoms with van der Waals surface area (Å²) in [6, 6.07) is 7.84. The number of hydrogen-bond acceptors (Lipinski definition) is 7. The highest BCUT2D eigenvalue weighted by Gasteiger charge is 2.45. The van der Waals surface area contributed by atoms with E-state index in [0.717, 1.165) is 41.6 Å². The Hall–Kier alpha value is -2.41. The van der Waals surface area contributed by atoms with Gasteiger partial charge in [0.1, 0.15) is 24.4 Å². The highest BCUT2D eigenvalue weighted by molar-refractivity contribution is 5.40. The van der Waals surface area contributed by atoms with Crippen molar-refractivity contribution in [3.63, 3.8) is 0 Å². The van der Waals surface area contributed by atoms with E-state index in [1.165, 1.54) is 0 Å². The highest BCUT2D eigenvalue weighted by Crippen LogP contribution is 2.32. The maximum atomic E-state index is 10.4. The molecule has 0 saturated carbocycles. The molecule has 0 amide bonds. The summed E-state index contributed by atoms with van der Waals surface area (Å²) in [4.78, 5) is 0. The predicted octanol–water partition coefficient (Wildman–Crippen LogP) is 1.69. The molecule has 4 N–H and O–H groups in total. The molecule has 0 radical (unpaired) electrons. The predicted molar refractivity (Wildman–Crippen MR) is 123 cm³/mol. The summed E-state index contributed by atoms with van der Waals surface area (Å²) in [5.41, 5.74) is 3.57. The van der Waals surface area contributed by atoms with Gasteiger partial charge in [-0.3, -0.25) is 4.68 Å². The van der Waals surface area contributed by atoms with Crippen molar-refractivity contribution in [2.45, 2.75) is 83.2 Å². The minimum Gasteiger partial charge on any atom is -0.443 e. The molecule has 0 spiro atoms. The van der Waals surface area contributed by atoms with Gasteiger partial charge in [-0.15, -0.1) is 11.5 Å². The fourth-order valence-electron chi connectivity index (χ4n) is 4.21. The number of terminal acetylenes is 1. The molecule has 0 bridgehead atoms. The van der Waals surface area contributed by atoms with Crippen molar-refractivity contribution in [2.75, 3.05) is 6.61 Å². The van der Waals surface area contributed by atoms with Crippen molar-refractivity contribution in [2.24, 2.45) is 0 Å². The summed E-state index contributed by atoms with van der Waals surface area (Å²) in [5.74, 6) is 2.89. The monoisotopic (exact) mass is 458 g/mol. The Balaban J connectivity index is 1.96. The van der Waals surface area contributed by atoms with E-state index in [1.54, 1.807) is 0 Å². The number of rotatable bonds is 9. The number of aromatic nitrogens is 2. The number of aliphatic hydroxyl groups is 4. The fraction of sp³-hybridized carbons (Fsp3) is 0.560. The lowest BCUT2D eigenvalue weighted by atomic mass is 9.99. The summed E-state index contributed by atoms with van der Waals surface area (Å²) in [5, 5.41) is 44.8. The van der Waals surface area contributed by atoms with Gasteiger partial charge in [0.2, 0.25) is 12.2 Å². The quantitative estimate of drug-likeness (QED) is 0.423. The minimum atomic E-state index is -1.52. The van der Waals surface area contributed by atoms with Gasteiger partial charge in [0.25, 0.3) is 0 Å². The molecule has 8 nitrogen and oxygen atoms in total. The van der Waals surface area contributed by atoms with Crippen molar-refractivity contribution >= 4 is 0 Å². The molecule has 1 aromatic carbocycles. The second-order valence-corrected chi connectivity index (χ2v) is 8.50. The first-order chi connectivity index (χ1) is 15.8. The van der Waals surface area contributed by atoms with Gasteiger partial charge < -0.3 is 29.9 Å². The Morgan fingerprint density at radius 2 is 1.85 bits per heavy atom. The van der Waals surface area contributed by atoms with Crippen LogP contribution in [0.1, 0.15) is 61.5 Å². The van der Waals surface area contributed by atoms with Crippen LogP contribution in [-0.2, 0) is 11.2 Å². The molecule has 1 saturated heterocycles. The summed E-state index contributed by atoms with van der Waals surface area (Å²) in [6.07, 6.45) is 2.01. The van der Waals surface area contributed by atoms with Crippen LogP contribution in [0.25, 0.3) is 0 Å². The van der Waals surface area contributed by atoms with Crippen molar-refractivity contribution in [1.29, 1.82) is 0 Å². The third-order valence-electron chi connectivity index (χ3n) is 6.25. The van der Waals surface area contributed by atoms with E-state index in [-0.39, 0.29) is 11.9 Å². The smallest absolute Gasteiger partial charge is 0.239 e. The fourth-order valence-corrected chi connectivity index (χ4v) is 4.21. The van der Waals surface area contributed by atoms with Gasteiger partial charge in [0.05, 0.1) is 12.6 Å².